The lowest BCUT2D eigenvalue weighted by atomic mass is 10.0. The summed E-state index contributed by atoms with van der Waals surface area (Å²) in [6, 6.07) is 0. The first kappa shape index (κ1) is 13.1. The summed E-state index contributed by atoms with van der Waals surface area (Å²) in [6.07, 6.45) is 3.37. The molecule has 7 heteroatoms. The van der Waals surface area contributed by atoms with E-state index in [1.165, 1.54) is 6.20 Å². The number of hydrogen-bond acceptors (Lipinski definition) is 5. The van der Waals surface area contributed by atoms with Gasteiger partial charge in [-0.15, -0.1) is 11.3 Å². The van der Waals surface area contributed by atoms with Crippen LogP contribution in [0.5, 0.6) is 0 Å². The predicted octanol–water partition coefficient (Wildman–Crippen LogP) is 0.755. The van der Waals surface area contributed by atoms with Crippen LogP contribution >= 0.6 is 11.3 Å². The minimum Gasteiger partial charge on any atom is -0.370 e. The third-order valence-electron chi connectivity index (χ3n) is 1.96. The van der Waals surface area contributed by atoms with Gasteiger partial charge in [-0.25, -0.2) is 13.4 Å². The highest BCUT2D eigenvalue weighted by molar-refractivity contribution is 7.92. The molecule has 89 valence electrons. The van der Waals surface area contributed by atoms with Gasteiger partial charge in [0.25, 0.3) is 0 Å². The molecule has 0 atom stereocenters. The summed E-state index contributed by atoms with van der Waals surface area (Å²) in [5, 5.41) is 0. The molecule has 1 amide bonds. The minimum absolute atomic E-state index is 0.0675. The fourth-order valence-corrected chi connectivity index (χ4v) is 3.07. The van der Waals surface area contributed by atoms with Crippen LogP contribution in [0.2, 0.25) is 0 Å². The third-order valence-corrected chi connectivity index (χ3v) is 4.76. The Hall–Kier alpha value is -0.950. The largest absolute Gasteiger partial charge is 0.370 e. The molecule has 0 saturated heterocycles. The van der Waals surface area contributed by atoms with Gasteiger partial charge in [-0.3, -0.25) is 4.79 Å². The Bertz CT molecular complexity index is 479. The number of hydrogen-bond donors (Lipinski definition) is 1. The smallest absolute Gasteiger partial charge is 0.218 e. The van der Waals surface area contributed by atoms with Gasteiger partial charge in [-0.1, -0.05) is 6.92 Å². The molecule has 0 aliphatic carbocycles. The number of sulfone groups is 1. The second-order valence-electron chi connectivity index (χ2n) is 3.36. The first-order valence-electron chi connectivity index (χ1n) is 4.64. The van der Waals surface area contributed by atoms with E-state index >= 15 is 0 Å². The number of rotatable bonds is 5. The Morgan fingerprint density at radius 2 is 2.19 bits per heavy atom. The molecule has 0 aliphatic heterocycles. The molecule has 2 N–H and O–H groups in total. The van der Waals surface area contributed by atoms with E-state index in [-0.39, 0.29) is 10.8 Å². The van der Waals surface area contributed by atoms with Crippen molar-refractivity contribution in [2.24, 2.45) is 5.73 Å². The molecule has 1 aromatic rings. The lowest BCUT2D eigenvalue weighted by molar-refractivity contribution is -0.117. The SMILES string of the molecule is CC[C](CC(N)=O)c1cnc(S(C)(=O)=O)s1. The summed E-state index contributed by atoms with van der Waals surface area (Å²) in [7, 11) is -3.27. The first-order chi connectivity index (χ1) is 7.34. The molecule has 5 nitrogen and oxygen atoms in total. The van der Waals surface area contributed by atoms with Crippen molar-refractivity contribution in [3.8, 4) is 0 Å². The maximum absolute atomic E-state index is 11.2. The fourth-order valence-electron chi connectivity index (χ4n) is 1.19. The first-order valence-corrected chi connectivity index (χ1v) is 7.34. The van der Waals surface area contributed by atoms with Crippen LogP contribution in [0.25, 0.3) is 0 Å². The van der Waals surface area contributed by atoms with Crippen LogP contribution in [-0.2, 0) is 14.6 Å². The van der Waals surface area contributed by atoms with Crippen LogP contribution in [0.4, 0.5) is 0 Å². The Kier molecular flexibility index (Phi) is 4.03. The van der Waals surface area contributed by atoms with E-state index in [0.717, 1.165) is 23.5 Å². The molecule has 1 heterocycles. The van der Waals surface area contributed by atoms with Crippen molar-refractivity contribution in [2.45, 2.75) is 24.1 Å². The van der Waals surface area contributed by atoms with Gasteiger partial charge in [0.15, 0.2) is 0 Å². The molecule has 1 aromatic heterocycles. The van der Waals surface area contributed by atoms with Gasteiger partial charge >= 0.3 is 0 Å². The molecule has 0 saturated carbocycles. The Morgan fingerprint density at radius 3 is 2.56 bits per heavy atom. The van der Waals surface area contributed by atoms with E-state index in [4.69, 9.17) is 5.73 Å². The molecule has 0 aromatic carbocycles. The monoisotopic (exact) mass is 261 g/mol. The summed E-state index contributed by atoms with van der Waals surface area (Å²) in [4.78, 5) is 15.3. The van der Waals surface area contributed by atoms with E-state index in [0.29, 0.717) is 11.3 Å². The number of carbonyl (C=O) groups excluding carboxylic acids is 1. The van der Waals surface area contributed by atoms with Crippen LogP contribution in [0.3, 0.4) is 0 Å². The molecule has 0 aliphatic rings. The summed E-state index contributed by atoms with van der Waals surface area (Å²) in [5.41, 5.74) is 5.11. The second-order valence-corrected chi connectivity index (χ2v) is 6.58. The third kappa shape index (κ3) is 3.28. The van der Waals surface area contributed by atoms with E-state index in [2.05, 4.69) is 4.98 Å². The van der Waals surface area contributed by atoms with Gasteiger partial charge in [0.2, 0.25) is 20.1 Å². The van der Waals surface area contributed by atoms with Crippen LogP contribution in [0, 0.1) is 5.92 Å². The predicted molar refractivity (Wildman–Crippen MR) is 61.7 cm³/mol. The van der Waals surface area contributed by atoms with Crippen molar-refractivity contribution in [3.63, 3.8) is 0 Å². The van der Waals surface area contributed by atoms with E-state index in [9.17, 15) is 13.2 Å². The highest BCUT2D eigenvalue weighted by Gasteiger charge is 2.19. The van der Waals surface area contributed by atoms with Gasteiger partial charge < -0.3 is 5.73 Å². The summed E-state index contributed by atoms with van der Waals surface area (Å²) in [6.45, 7) is 1.89. The maximum Gasteiger partial charge on any atom is 0.218 e. The van der Waals surface area contributed by atoms with Gasteiger partial charge in [0, 0.05) is 29.7 Å². The molecule has 0 fully saturated rings. The van der Waals surface area contributed by atoms with Crippen LogP contribution in [0.1, 0.15) is 24.6 Å². The van der Waals surface area contributed by atoms with Gasteiger partial charge in [-0.05, 0) is 6.42 Å². The topological polar surface area (TPSA) is 90.1 Å². The van der Waals surface area contributed by atoms with E-state index < -0.39 is 15.7 Å². The number of nitrogens with zero attached hydrogens (tertiary/aromatic N) is 1. The Morgan fingerprint density at radius 1 is 1.56 bits per heavy atom. The molecule has 0 bridgehead atoms. The van der Waals surface area contributed by atoms with E-state index in [1.807, 2.05) is 6.92 Å². The average molecular weight is 261 g/mol. The summed E-state index contributed by atoms with van der Waals surface area (Å²) in [5.74, 6) is 0.394. The van der Waals surface area contributed by atoms with Crippen LogP contribution in [-0.4, -0.2) is 25.6 Å². The van der Waals surface area contributed by atoms with Gasteiger partial charge in [0.1, 0.15) is 0 Å². The van der Waals surface area contributed by atoms with Crippen molar-refractivity contribution in [2.75, 3.05) is 6.26 Å². The molecule has 0 spiro atoms. The number of amides is 1. The fraction of sp³-hybridized carbons (Fsp3) is 0.444. The van der Waals surface area contributed by atoms with Crippen molar-refractivity contribution < 1.29 is 13.2 Å². The summed E-state index contributed by atoms with van der Waals surface area (Å²) >= 11 is 1.07. The molecule has 16 heavy (non-hydrogen) atoms. The molecule has 0 unspecified atom stereocenters. The molecular weight excluding hydrogens is 248 g/mol. The number of thiazole rings is 1. The molecule has 1 radical (unpaired) electrons. The quantitative estimate of drug-likeness (QED) is 0.847. The lowest BCUT2D eigenvalue weighted by Gasteiger charge is -2.07. The zero-order valence-corrected chi connectivity index (χ0v) is 10.7. The maximum atomic E-state index is 11.2. The van der Waals surface area contributed by atoms with E-state index in [1.54, 1.807) is 0 Å². The van der Waals surface area contributed by atoms with Gasteiger partial charge in [0.05, 0.1) is 0 Å². The second kappa shape index (κ2) is 4.92. The number of aromatic nitrogens is 1. The standard InChI is InChI=1S/C9H13N2O3S2/c1-3-6(4-8(10)12)7-5-11-9(15-7)16(2,13)14/h5H,3-4H2,1-2H3,(H2,10,12). The number of nitrogens with two attached hydrogens (primary N) is 1. The zero-order valence-electron chi connectivity index (χ0n) is 9.06. The normalized spacial score (nSPS) is 11.9. The highest BCUT2D eigenvalue weighted by atomic mass is 32.2. The highest BCUT2D eigenvalue weighted by Crippen LogP contribution is 2.29. The van der Waals surface area contributed by atoms with Gasteiger partial charge in [-0.2, -0.15) is 0 Å². The number of carbonyl (C=O) groups is 1. The molecular formula is C9H13N2O3S2. The lowest BCUT2D eigenvalue weighted by Crippen LogP contribution is -2.14. The minimum atomic E-state index is -3.27. The summed E-state index contributed by atoms with van der Waals surface area (Å²) < 4.78 is 22.5. The van der Waals surface area contributed by atoms with Crippen molar-refractivity contribution in [1.29, 1.82) is 0 Å². The van der Waals surface area contributed by atoms with Crippen LogP contribution in [0.15, 0.2) is 10.5 Å². The van der Waals surface area contributed by atoms with Crippen LogP contribution < -0.4 is 5.73 Å². The average Bonchev–Trinajstić information content (AvgIpc) is 2.61. The van der Waals surface area contributed by atoms with Crippen molar-refractivity contribution in [1.82, 2.24) is 4.98 Å². The molecule has 1 rings (SSSR count). The Balaban J connectivity index is 2.95. The Labute approximate surface area is 98.6 Å². The zero-order chi connectivity index (χ0) is 12.3. The number of primary amides is 1. The van der Waals surface area contributed by atoms with Crippen molar-refractivity contribution in [3.05, 3.63) is 17.0 Å². The van der Waals surface area contributed by atoms with Crippen molar-refractivity contribution >= 4 is 27.1 Å².